The zero-order valence-corrected chi connectivity index (χ0v) is 11.5. The van der Waals surface area contributed by atoms with E-state index in [0.29, 0.717) is 0 Å². The molecule has 2 aromatic carbocycles. The zero-order chi connectivity index (χ0) is 14.1. The molecular weight excluding hydrogens is 250 g/mol. The number of benzene rings is 2. The number of methoxy groups -OCH3 is 1. The number of aromatic nitrogens is 1. The van der Waals surface area contributed by atoms with E-state index in [-0.39, 0.29) is 5.91 Å². The van der Waals surface area contributed by atoms with E-state index in [1.807, 2.05) is 54.6 Å². The SMILES string of the molecule is COc1ccc2cc(-c3ccccc3)n(C(C)=O)c2c1. The van der Waals surface area contributed by atoms with Gasteiger partial charge in [-0.2, -0.15) is 0 Å². The topological polar surface area (TPSA) is 31.2 Å². The number of hydrogen-bond donors (Lipinski definition) is 0. The molecule has 0 saturated carbocycles. The zero-order valence-electron chi connectivity index (χ0n) is 11.5. The van der Waals surface area contributed by atoms with Crippen molar-refractivity contribution in [2.24, 2.45) is 0 Å². The van der Waals surface area contributed by atoms with Crippen LogP contribution in [0.5, 0.6) is 5.75 Å². The van der Waals surface area contributed by atoms with E-state index >= 15 is 0 Å². The van der Waals surface area contributed by atoms with Crippen LogP contribution in [0.1, 0.15) is 11.7 Å². The Balaban J connectivity index is 2.32. The molecule has 0 radical (unpaired) electrons. The van der Waals surface area contributed by atoms with Crippen molar-refractivity contribution in [2.75, 3.05) is 7.11 Å². The highest BCUT2D eigenvalue weighted by atomic mass is 16.5. The van der Waals surface area contributed by atoms with Crippen LogP contribution in [0.2, 0.25) is 0 Å². The van der Waals surface area contributed by atoms with Crippen molar-refractivity contribution in [3.8, 4) is 17.0 Å². The maximum atomic E-state index is 12.0. The maximum absolute atomic E-state index is 12.0. The van der Waals surface area contributed by atoms with Gasteiger partial charge in [0.15, 0.2) is 0 Å². The Bertz CT molecular complexity index is 772. The van der Waals surface area contributed by atoms with Crippen molar-refractivity contribution in [3.05, 3.63) is 54.6 Å². The van der Waals surface area contributed by atoms with Gasteiger partial charge in [0.05, 0.1) is 18.3 Å². The Morgan fingerprint density at radius 2 is 1.80 bits per heavy atom. The van der Waals surface area contributed by atoms with Crippen LogP contribution in [0, 0.1) is 0 Å². The van der Waals surface area contributed by atoms with Crippen LogP contribution in [-0.4, -0.2) is 17.6 Å². The third-order valence-electron chi connectivity index (χ3n) is 3.40. The quantitative estimate of drug-likeness (QED) is 0.702. The van der Waals surface area contributed by atoms with Crippen LogP contribution >= 0.6 is 0 Å². The lowest BCUT2D eigenvalue weighted by molar-refractivity contribution is 0.0943. The first kappa shape index (κ1) is 12.5. The predicted octanol–water partition coefficient (Wildman–Crippen LogP) is 3.98. The van der Waals surface area contributed by atoms with E-state index in [0.717, 1.165) is 27.9 Å². The summed E-state index contributed by atoms with van der Waals surface area (Å²) in [7, 11) is 1.63. The molecular formula is C17H15NO2. The lowest BCUT2D eigenvalue weighted by atomic mass is 10.1. The molecule has 0 bridgehead atoms. The van der Waals surface area contributed by atoms with Crippen LogP contribution in [0.4, 0.5) is 0 Å². The van der Waals surface area contributed by atoms with Gasteiger partial charge in [-0.05, 0) is 23.8 Å². The summed E-state index contributed by atoms with van der Waals surface area (Å²) in [6.07, 6.45) is 0. The molecule has 0 aliphatic rings. The average Bonchev–Trinajstić information content (AvgIpc) is 2.86. The van der Waals surface area contributed by atoms with Gasteiger partial charge in [-0.3, -0.25) is 9.36 Å². The van der Waals surface area contributed by atoms with E-state index in [9.17, 15) is 4.79 Å². The molecule has 1 aromatic heterocycles. The molecule has 3 nitrogen and oxygen atoms in total. The Morgan fingerprint density at radius 1 is 1.05 bits per heavy atom. The van der Waals surface area contributed by atoms with Crippen LogP contribution < -0.4 is 4.74 Å². The second kappa shape index (κ2) is 4.85. The monoisotopic (exact) mass is 265 g/mol. The first-order valence-corrected chi connectivity index (χ1v) is 6.46. The van der Waals surface area contributed by atoms with Crippen molar-refractivity contribution in [1.29, 1.82) is 0 Å². The van der Waals surface area contributed by atoms with E-state index < -0.39 is 0 Å². The molecule has 3 aromatic rings. The molecule has 3 heteroatoms. The number of nitrogens with zero attached hydrogens (tertiary/aromatic N) is 1. The van der Waals surface area contributed by atoms with Gasteiger partial charge in [0, 0.05) is 18.4 Å². The summed E-state index contributed by atoms with van der Waals surface area (Å²) in [5.74, 6) is 0.741. The first-order chi connectivity index (χ1) is 9.70. The molecule has 0 N–H and O–H groups in total. The van der Waals surface area contributed by atoms with Crippen molar-refractivity contribution in [1.82, 2.24) is 4.57 Å². The van der Waals surface area contributed by atoms with Crippen LogP contribution in [0.3, 0.4) is 0 Å². The second-order valence-electron chi connectivity index (χ2n) is 4.67. The smallest absolute Gasteiger partial charge is 0.228 e. The van der Waals surface area contributed by atoms with Crippen LogP contribution in [0.25, 0.3) is 22.2 Å². The molecule has 0 unspecified atom stereocenters. The molecule has 0 aliphatic carbocycles. The van der Waals surface area contributed by atoms with Crippen molar-refractivity contribution in [3.63, 3.8) is 0 Å². The summed E-state index contributed by atoms with van der Waals surface area (Å²) in [6.45, 7) is 1.57. The number of ether oxygens (including phenoxy) is 1. The van der Waals surface area contributed by atoms with Gasteiger partial charge in [-0.25, -0.2) is 0 Å². The number of carbonyl (C=O) groups excluding carboxylic acids is 1. The third-order valence-corrected chi connectivity index (χ3v) is 3.40. The molecule has 0 spiro atoms. The third kappa shape index (κ3) is 1.97. The van der Waals surface area contributed by atoms with Crippen molar-refractivity contribution in [2.45, 2.75) is 6.92 Å². The van der Waals surface area contributed by atoms with Gasteiger partial charge in [0.25, 0.3) is 0 Å². The highest BCUT2D eigenvalue weighted by molar-refractivity contribution is 5.98. The number of fused-ring (bicyclic) bond motifs is 1. The van der Waals surface area contributed by atoms with Gasteiger partial charge >= 0.3 is 0 Å². The minimum atomic E-state index is -0.00731. The fourth-order valence-electron chi connectivity index (χ4n) is 2.47. The summed E-state index contributed by atoms with van der Waals surface area (Å²) in [5, 5.41) is 1.03. The number of carbonyl (C=O) groups is 1. The maximum Gasteiger partial charge on any atom is 0.228 e. The Hall–Kier alpha value is -2.55. The average molecular weight is 265 g/mol. The molecule has 100 valence electrons. The standard InChI is InChI=1S/C17H15NO2/c1-12(19)18-16(13-6-4-3-5-7-13)10-14-8-9-15(20-2)11-17(14)18/h3-11H,1-2H3. The molecule has 3 rings (SSSR count). The van der Waals surface area contributed by atoms with Gasteiger partial charge < -0.3 is 4.74 Å². The van der Waals surface area contributed by atoms with Gasteiger partial charge in [0.2, 0.25) is 5.91 Å². The van der Waals surface area contributed by atoms with Crippen LogP contribution in [0.15, 0.2) is 54.6 Å². The highest BCUT2D eigenvalue weighted by Crippen LogP contribution is 2.30. The molecule has 0 amide bonds. The van der Waals surface area contributed by atoms with Gasteiger partial charge in [-0.1, -0.05) is 30.3 Å². The Morgan fingerprint density at radius 3 is 2.45 bits per heavy atom. The molecule has 20 heavy (non-hydrogen) atoms. The van der Waals surface area contributed by atoms with E-state index in [4.69, 9.17) is 4.74 Å². The van der Waals surface area contributed by atoms with Crippen LogP contribution in [-0.2, 0) is 0 Å². The summed E-state index contributed by atoms with van der Waals surface area (Å²) in [6, 6.07) is 17.7. The molecule has 0 fully saturated rings. The van der Waals surface area contributed by atoms with Gasteiger partial charge in [-0.15, -0.1) is 0 Å². The van der Waals surface area contributed by atoms with Crippen molar-refractivity contribution < 1.29 is 9.53 Å². The number of rotatable bonds is 2. The molecule has 0 atom stereocenters. The van der Waals surface area contributed by atoms with Gasteiger partial charge in [0.1, 0.15) is 5.75 Å². The Kier molecular flexibility index (Phi) is 3.03. The van der Waals surface area contributed by atoms with E-state index in [1.165, 1.54) is 0 Å². The fraction of sp³-hybridized carbons (Fsp3) is 0.118. The molecule has 1 heterocycles. The summed E-state index contributed by atoms with van der Waals surface area (Å²) in [4.78, 5) is 12.0. The predicted molar refractivity (Wildman–Crippen MR) is 80.2 cm³/mol. The summed E-state index contributed by atoms with van der Waals surface area (Å²) < 4.78 is 6.98. The lowest BCUT2D eigenvalue weighted by Gasteiger charge is -2.07. The highest BCUT2D eigenvalue weighted by Gasteiger charge is 2.14. The number of hydrogen-bond acceptors (Lipinski definition) is 2. The molecule has 0 aliphatic heterocycles. The van der Waals surface area contributed by atoms with Crippen molar-refractivity contribution >= 4 is 16.8 Å². The fourth-order valence-corrected chi connectivity index (χ4v) is 2.47. The Labute approximate surface area is 117 Å². The minimum Gasteiger partial charge on any atom is -0.497 e. The molecule has 0 saturated heterocycles. The second-order valence-corrected chi connectivity index (χ2v) is 4.67. The van der Waals surface area contributed by atoms with E-state index in [1.54, 1.807) is 18.6 Å². The summed E-state index contributed by atoms with van der Waals surface area (Å²) in [5.41, 5.74) is 2.80. The normalized spacial score (nSPS) is 10.7. The first-order valence-electron chi connectivity index (χ1n) is 6.46. The lowest BCUT2D eigenvalue weighted by Crippen LogP contribution is -2.06. The largest absolute Gasteiger partial charge is 0.497 e. The van der Waals surface area contributed by atoms with E-state index in [2.05, 4.69) is 0 Å². The summed E-state index contributed by atoms with van der Waals surface area (Å²) >= 11 is 0. The minimum absolute atomic E-state index is 0.00731.